The average molecular weight is 460 g/mol. The summed E-state index contributed by atoms with van der Waals surface area (Å²) in [6.45, 7) is 8.79. The second-order valence-electron chi connectivity index (χ2n) is 9.30. The van der Waals surface area contributed by atoms with Gasteiger partial charge in [-0.3, -0.25) is 14.6 Å². The van der Waals surface area contributed by atoms with E-state index in [-0.39, 0.29) is 5.78 Å². The van der Waals surface area contributed by atoms with E-state index in [0.29, 0.717) is 23.8 Å². The molecule has 1 saturated heterocycles. The zero-order valence-corrected chi connectivity index (χ0v) is 19.7. The molecule has 1 fully saturated rings. The van der Waals surface area contributed by atoms with Gasteiger partial charge in [0.15, 0.2) is 5.76 Å². The summed E-state index contributed by atoms with van der Waals surface area (Å²) in [5.41, 5.74) is 4.67. The summed E-state index contributed by atoms with van der Waals surface area (Å²) >= 11 is 0. The summed E-state index contributed by atoms with van der Waals surface area (Å²) in [6.07, 6.45) is 3.89. The first-order valence-electron chi connectivity index (χ1n) is 11.9. The first kappa shape index (κ1) is 21.4. The van der Waals surface area contributed by atoms with Crippen LogP contribution in [0.15, 0.2) is 42.3 Å². The number of fused-ring (bicyclic) bond motifs is 3. The Bertz CT molecular complexity index is 1300. The number of allylic oxidation sites excluding steroid dienone is 1. The molecule has 0 radical (unpaired) electrons. The van der Waals surface area contributed by atoms with Gasteiger partial charge in [0.2, 0.25) is 5.78 Å². The van der Waals surface area contributed by atoms with Crippen LogP contribution in [0, 0.1) is 6.92 Å². The molecular weight excluding hydrogens is 430 g/mol. The van der Waals surface area contributed by atoms with Crippen LogP contribution in [0.1, 0.15) is 27.0 Å². The van der Waals surface area contributed by atoms with Crippen LogP contribution in [-0.4, -0.2) is 66.3 Å². The van der Waals surface area contributed by atoms with Crippen molar-refractivity contribution in [3.8, 4) is 11.5 Å². The molecule has 0 saturated carbocycles. The van der Waals surface area contributed by atoms with E-state index in [1.807, 2.05) is 44.4 Å². The third-order valence-electron chi connectivity index (χ3n) is 7.05. The fourth-order valence-corrected chi connectivity index (χ4v) is 5.18. The molecule has 1 aromatic heterocycles. The number of benzene rings is 2. The van der Waals surface area contributed by atoms with Crippen molar-refractivity contribution in [1.29, 1.82) is 0 Å². The Labute approximate surface area is 199 Å². The molecule has 0 aliphatic carbocycles. The number of para-hydroxylation sites is 1. The molecule has 0 amide bonds. The highest BCUT2D eigenvalue weighted by molar-refractivity contribution is 6.15. The van der Waals surface area contributed by atoms with E-state index < -0.39 is 0 Å². The minimum absolute atomic E-state index is 0.0701. The fraction of sp³-hybridized carbons (Fsp3) is 0.370. The number of aryl methyl sites for hydroxylation is 1. The van der Waals surface area contributed by atoms with E-state index in [9.17, 15) is 4.79 Å². The van der Waals surface area contributed by atoms with Crippen LogP contribution in [0.4, 0.5) is 0 Å². The Kier molecular flexibility index (Phi) is 5.40. The summed E-state index contributed by atoms with van der Waals surface area (Å²) in [4.78, 5) is 18.0. The van der Waals surface area contributed by atoms with E-state index in [0.717, 1.165) is 79.3 Å². The van der Waals surface area contributed by atoms with Crippen LogP contribution in [0.3, 0.4) is 0 Å². The van der Waals surface area contributed by atoms with Gasteiger partial charge in [-0.1, -0.05) is 18.2 Å². The molecule has 0 N–H and O–H groups in total. The first-order chi connectivity index (χ1) is 16.6. The number of carbonyl (C=O) groups excluding carboxylic acids is 1. The van der Waals surface area contributed by atoms with Crippen molar-refractivity contribution in [2.45, 2.75) is 13.5 Å². The summed E-state index contributed by atoms with van der Waals surface area (Å²) in [5, 5.41) is 1.10. The Hall–Kier alpha value is -3.13. The summed E-state index contributed by atoms with van der Waals surface area (Å²) < 4.78 is 19.8. The van der Waals surface area contributed by atoms with Gasteiger partial charge in [-0.15, -0.1) is 0 Å². The Morgan fingerprint density at radius 2 is 1.85 bits per heavy atom. The Morgan fingerprint density at radius 1 is 1.06 bits per heavy atom. The van der Waals surface area contributed by atoms with Crippen molar-refractivity contribution >= 4 is 22.8 Å². The topological polar surface area (TPSA) is 56.2 Å². The minimum Gasteiger partial charge on any atom is -0.477 e. The molecular formula is C27H29N3O4. The predicted molar refractivity (Wildman–Crippen MR) is 130 cm³/mol. The number of nitrogens with zero attached hydrogens (tertiary/aromatic N) is 3. The predicted octanol–water partition coefficient (Wildman–Crippen LogP) is 3.59. The smallest absolute Gasteiger partial charge is 0.231 e. The van der Waals surface area contributed by atoms with Gasteiger partial charge < -0.3 is 18.8 Å². The van der Waals surface area contributed by atoms with Gasteiger partial charge >= 0.3 is 0 Å². The summed E-state index contributed by atoms with van der Waals surface area (Å²) in [7, 11) is 2.01. The first-order valence-corrected chi connectivity index (χ1v) is 11.9. The number of Topliss-reactive ketones (excluding diaryl/α,β-unsaturated/α-hetero) is 1. The molecule has 0 bridgehead atoms. The quantitative estimate of drug-likeness (QED) is 0.556. The maximum atomic E-state index is 13.3. The number of rotatable bonds is 4. The molecule has 6 rings (SSSR count). The normalized spacial score (nSPS) is 19.8. The van der Waals surface area contributed by atoms with Crippen molar-refractivity contribution in [1.82, 2.24) is 14.4 Å². The monoisotopic (exact) mass is 459 g/mol. The maximum absolute atomic E-state index is 13.3. The second-order valence-corrected chi connectivity index (χ2v) is 9.30. The fourth-order valence-electron chi connectivity index (χ4n) is 5.18. The molecule has 3 aliphatic rings. The van der Waals surface area contributed by atoms with Gasteiger partial charge in [-0.05, 0) is 25.1 Å². The van der Waals surface area contributed by atoms with Crippen molar-refractivity contribution in [2.24, 2.45) is 7.05 Å². The average Bonchev–Trinajstić information content (AvgIpc) is 3.35. The Morgan fingerprint density at radius 3 is 2.71 bits per heavy atom. The molecule has 2 aromatic carbocycles. The number of morpholine rings is 1. The third-order valence-corrected chi connectivity index (χ3v) is 7.05. The minimum atomic E-state index is -0.0701. The van der Waals surface area contributed by atoms with E-state index in [1.54, 1.807) is 0 Å². The molecule has 7 heteroatoms. The van der Waals surface area contributed by atoms with Crippen LogP contribution >= 0.6 is 0 Å². The van der Waals surface area contributed by atoms with E-state index in [2.05, 4.69) is 26.5 Å². The number of hydrogen-bond donors (Lipinski definition) is 0. The summed E-state index contributed by atoms with van der Waals surface area (Å²) in [5.74, 6) is 1.76. The molecule has 3 aromatic rings. The van der Waals surface area contributed by atoms with Gasteiger partial charge in [-0.2, -0.15) is 0 Å². The molecule has 0 unspecified atom stereocenters. The lowest BCUT2D eigenvalue weighted by molar-refractivity contribution is 0.0239. The van der Waals surface area contributed by atoms with Crippen LogP contribution in [0.5, 0.6) is 11.5 Å². The van der Waals surface area contributed by atoms with Crippen LogP contribution in [0.25, 0.3) is 17.0 Å². The van der Waals surface area contributed by atoms with Gasteiger partial charge in [0, 0.05) is 73.6 Å². The number of aromatic nitrogens is 1. The van der Waals surface area contributed by atoms with Gasteiger partial charge in [-0.25, -0.2) is 0 Å². The van der Waals surface area contributed by atoms with Gasteiger partial charge in [0.05, 0.1) is 18.8 Å². The van der Waals surface area contributed by atoms with Gasteiger partial charge in [0.25, 0.3) is 0 Å². The number of ether oxygens (including phenoxy) is 3. The number of ketones is 1. The van der Waals surface area contributed by atoms with Crippen LogP contribution in [0.2, 0.25) is 0 Å². The highest BCUT2D eigenvalue weighted by Gasteiger charge is 2.34. The standard InChI is InChI=1S/C27H29N3O4/c1-18-26-20(16-30(17-33-26)8-7-29-9-11-32-12-10-29)13-22-25(31)24(34-27(18)22)14-19-15-28(2)23-6-4-3-5-21(19)23/h3-6,13-15H,7-12,16-17H2,1-2H3/b24-14-. The lowest BCUT2D eigenvalue weighted by atomic mass is 10.00. The highest BCUT2D eigenvalue weighted by atomic mass is 16.5. The Balaban J connectivity index is 1.24. The van der Waals surface area contributed by atoms with Crippen molar-refractivity contribution in [3.63, 3.8) is 0 Å². The van der Waals surface area contributed by atoms with E-state index >= 15 is 0 Å². The van der Waals surface area contributed by atoms with Crippen LogP contribution in [-0.2, 0) is 18.3 Å². The maximum Gasteiger partial charge on any atom is 0.231 e. The molecule has 3 aliphatic heterocycles. The largest absolute Gasteiger partial charge is 0.477 e. The third kappa shape index (κ3) is 3.70. The molecule has 0 atom stereocenters. The van der Waals surface area contributed by atoms with E-state index in [4.69, 9.17) is 14.2 Å². The van der Waals surface area contributed by atoms with Crippen molar-refractivity contribution in [2.75, 3.05) is 46.1 Å². The zero-order chi connectivity index (χ0) is 23.2. The molecule has 176 valence electrons. The van der Waals surface area contributed by atoms with Gasteiger partial charge in [0.1, 0.15) is 18.2 Å². The second kappa shape index (κ2) is 8.58. The van der Waals surface area contributed by atoms with Crippen LogP contribution < -0.4 is 9.47 Å². The molecule has 4 heterocycles. The number of hydrogen-bond acceptors (Lipinski definition) is 6. The molecule has 34 heavy (non-hydrogen) atoms. The summed E-state index contributed by atoms with van der Waals surface area (Å²) in [6, 6.07) is 10.1. The highest BCUT2D eigenvalue weighted by Crippen LogP contribution is 2.43. The van der Waals surface area contributed by atoms with E-state index in [1.165, 1.54) is 0 Å². The SMILES string of the molecule is Cc1c2c(cc3c1O/C(=C\c1cn(C)c4ccccc14)C3=O)CN(CCN1CCOCC1)CO2. The molecule has 7 nitrogen and oxygen atoms in total. The zero-order valence-electron chi connectivity index (χ0n) is 19.7. The van der Waals surface area contributed by atoms with Crippen molar-refractivity contribution in [3.05, 3.63) is 64.5 Å². The number of carbonyl (C=O) groups is 1. The lowest BCUT2D eigenvalue weighted by Gasteiger charge is -2.33. The molecule has 0 spiro atoms. The van der Waals surface area contributed by atoms with Crippen molar-refractivity contribution < 1.29 is 19.0 Å². The lowest BCUT2D eigenvalue weighted by Crippen LogP contribution is -2.43.